The zero-order valence-corrected chi connectivity index (χ0v) is 12.4. The van der Waals surface area contributed by atoms with Crippen molar-refractivity contribution >= 4 is 17.4 Å². The van der Waals surface area contributed by atoms with Crippen LogP contribution in [-0.2, 0) is 19.9 Å². The van der Waals surface area contributed by atoms with Gasteiger partial charge in [-0.2, -0.15) is 0 Å². The smallest absolute Gasteiger partial charge is 0.336 e. The van der Waals surface area contributed by atoms with Gasteiger partial charge in [-0.25, -0.2) is 4.79 Å². The Bertz CT molecular complexity index is 708. The van der Waals surface area contributed by atoms with Crippen molar-refractivity contribution in [3.8, 4) is 0 Å². The second kappa shape index (κ2) is 3.95. The lowest BCUT2D eigenvalue weighted by Gasteiger charge is -2.39. The fourth-order valence-electron chi connectivity index (χ4n) is 3.71. The summed E-state index contributed by atoms with van der Waals surface area (Å²) in [5.74, 6) is -1.03. The van der Waals surface area contributed by atoms with Gasteiger partial charge in [0.25, 0.3) is 0 Å². The van der Waals surface area contributed by atoms with E-state index in [1.807, 2.05) is 12.1 Å². The van der Waals surface area contributed by atoms with Crippen molar-refractivity contribution in [2.24, 2.45) is 0 Å². The molecule has 1 N–H and O–H groups in total. The van der Waals surface area contributed by atoms with Crippen LogP contribution >= 0.6 is 0 Å². The molecule has 1 heterocycles. The Labute approximate surface area is 122 Å². The van der Waals surface area contributed by atoms with Crippen LogP contribution in [0.15, 0.2) is 35.4 Å². The maximum atomic E-state index is 12.7. The Hall–Kier alpha value is -2.14. The summed E-state index contributed by atoms with van der Waals surface area (Å²) in [6.45, 7) is 3.26. The standard InChI is InChI=1S/C16H17NO4/c1-9-12(14(19)21-4)15(2)16(20,13(9)18)10-7-5-6-8-11(10)17(15)3/h5-8,20H,1-4H3. The minimum atomic E-state index is -1.76. The van der Waals surface area contributed by atoms with Crippen molar-refractivity contribution in [2.75, 3.05) is 19.1 Å². The van der Waals surface area contributed by atoms with Crippen molar-refractivity contribution in [1.82, 2.24) is 0 Å². The highest BCUT2D eigenvalue weighted by Crippen LogP contribution is 2.58. The van der Waals surface area contributed by atoms with Crippen LogP contribution in [0.4, 0.5) is 5.69 Å². The van der Waals surface area contributed by atoms with E-state index < -0.39 is 22.9 Å². The molecule has 5 heteroatoms. The van der Waals surface area contributed by atoms with Gasteiger partial charge in [0.2, 0.25) is 0 Å². The first-order valence-electron chi connectivity index (χ1n) is 6.72. The zero-order chi connectivity index (χ0) is 15.6. The lowest BCUT2D eigenvalue weighted by Crippen LogP contribution is -2.57. The molecule has 2 aliphatic rings. The average molecular weight is 287 g/mol. The second-order valence-electron chi connectivity index (χ2n) is 5.68. The van der Waals surface area contributed by atoms with E-state index in [1.54, 1.807) is 37.9 Å². The zero-order valence-electron chi connectivity index (χ0n) is 12.4. The van der Waals surface area contributed by atoms with Gasteiger partial charge in [0.1, 0.15) is 5.54 Å². The van der Waals surface area contributed by atoms with Crippen molar-refractivity contribution in [3.05, 3.63) is 41.0 Å². The quantitative estimate of drug-likeness (QED) is 0.785. The first-order chi connectivity index (χ1) is 9.81. The topological polar surface area (TPSA) is 66.8 Å². The molecule has 0 aromatic heterocycles. The summed E-state index contributed by atoms with van der Waals surface area (Å²) in [5.41, 5.74) is -1.18. The van der Waals surface area contributed by atoms with Crippen LogP contribution in [0.1, 0.15) is 19.4 Å². The predicted octanol–water partition coefficient (Wildman–Crippen LogP) is 1.15. The largest absolute Gasteiger partial charge is 0.466 e. The second-order valence-corrected chi connectivity index (χ2v) is 5.68. The number of para-hydroxylation sites is 1. The van der Waals surface area contributed by atoms with Crippen molar-refractivity contribution in [1.29, 1.82) is 0 Å². The number of esters is 1. The summed E-state index contributed by atoms with van der Waals surface area (Å²) in [4.78, 5) is 26.7. The third kappa shape index (κ3) is 1.25. The van der Waals surface area contributed by atoms with E-state index in [9.17, 15) is 14.7 Å². The van der Waals surface area contributed by atoms with Gasteiger partial charge in [-0.3, -0.25) is 4.79 Å². The van der Waals surface area contributed by atoms with Gasteiger partial charge in [0.15, 0.2) is 11.4 Å². The Morgan fingerprint density at radius 3 is 2.57 bits per heavy atom. The van der Waals surface area contributed by atoms with Gasteiger partial charge >= 0.3 is 5.97 Å². The van der Waals surface area contributed by atoms with E-state index in [4.69, 9.17) is 4.74 Å². The fraction of sp³-hybridized carbons (Fsp3) is 0.375. The summed E-state index contributed by atoms with van der Waals surface area (Å²) < 4.78 is 4.83. The molecule has 0 fully saturated rings. The van der Waals surface area contributed by atoms with Crippen LogP contribution in [0.2, 0.25) is 0 Å². The third-order valence-corrected chi connectivity index (χ3v) is 4.95. The highest BCUT2D eigenvalue weighted by Gasteiger charge is 2.69. The molecule has 5 nitrogen and oxygen atoms in total. The molecule has 0 saturated heterocycles. The number of carbonyl (C=O) groups excluding carboxylic acids is 2. The van der Waals surface area contributed by atoms with E-state index in [-0.39, 0.29) is 11.1 Å². The van der Waals surface area contributed by atoms with E-state index >= 15 is 0 Å². The molecule has 3 rings (SSSR count). The first kappa shape index (κ1) is 13.8. The summed E-state index contributed by atoms with van der Waals surface area (Å²) >= 11 is 0. The molecule has 1 aromatic carbocycles. The number of rotatable bonds is 1. The van der Waals surface area contributed by atoms with Crippen molar-refractivity contribution in [2.45, 2.75) is 25.0 Å². The van der Waals surface area contributed by atoms with Crippen LogP contribution in [0.25, 0.3) is 0 Å². The number of benzene rings is 1. The number of ether oxygens (including phenoxy) is 1. The van der Waals surface area contributed by atoms with Crippen LogP contribution in [-0.4, -0.2) is 36.6 Å². The summed E-state index contributed by atoms with van der Waals surface area (Å²) in [6.07, 6.45) is 0. The fourth-order valence-corrected chi connectivity index (χ4v) is 3.71. The molecule has 0 saturated carbocycles. The van der Waals surface area contributed by atoms with Gasteiger partial charge in [0.05, 0.1) is 12.7 Å². The number of methoxy groups -OCH3 is 1. The Morgan fingerprint density at radius 1 is 1.33 bits per heavy atom. The number of anilines is 1. The maximum Gasteiger partial charge on any atom is 0.336 e. The van der Waals surface area contributed by atoms with Crippen LogP contribution in [0.5, 0.6) is 0 Å². The highest BCUT2D eigenvalue weighted by atomic mass is 16.5. The number of likely N-dealkylation sites (N-methyl/N-ethyl adjacent to an activating group) is 1. The van der Waals surface area contributed by atoms with Crippen LogP contribution in [0.3, 0.4) is 0 Å². The molecule has 0 amide bonds. The molecule has 2 unspecified atom stereocenters. The monoisotopic (exact) mass is 287 g/mol. The van der Waals surface area contributed by atoms with E-state index in [0.717, 1.165) is 5.69 Å². The molecule has 2 atom stereocenters. The normalized spacial score (nSPS) is 30.5. The highest BCUT2D eigenvalue weighted by molar-refractivity contribution is 6.17. The number of hydrogen-bond acceptors (Lipinski definition) is 5. The van der Waals surface area contributed by atoms with Gasteiger partial charge in [-0.15, -0.1) is 0 Å². The molecule has 21 heavy (non-hydrogen) atoms. The minimum absolute atomic E-state index is 0.219. The lowest BCUT2D eigenvalue weighted by atomic mass is 9.78. The predicted molar refractivity (Wildman–Crippen MR) is 76.9 cm³/mol. The van der Waals surface area contributed by atoms with E-state index in [2.05, 4.69) is 0 Å². The first-order valence-corrected chi connectivity index (χ1v) is 6.72. The summed E-state index contributed by atoms with van der Waals surface area (Å²) in [7, 11) is 3.04. The van der Waals surface area contributed by atoms with Crippen LogP contribution in [0, 0.1) is 0 Å². The average Bonchev–Trinajstić information content (AvgIpc) is 2.76. The lowest BCUT2D eigenvalue weighted by molar-refractivity contribution is -0.139. The number of nitrogens with zero attached hydrogens (tertiary/aromatic N) is 1. The summed E-state index contributed by atoms with van der Waals surface area (Å²) in [5, 5.41) is 11.2. The minimum Gasteiger partial charge on any atom is -0.466 e. The Kier molecular flexibility index (Phi) is 2.60. The molecule has 0 radical (unpaired) electrons. The Morgan fingerprint density at radius 2 is 1.95 bits per heavy atom. The number of fused-ring (bicyclic) bond motifs is 3. The van der Waals surface area contributed by atoms with E-state index in [0.29, 0.717) is 5.56 Å². The number of aliphatic hydroxyl groups is 1. The molecule has 0 spiro atoms. The van der Waals surface area contributed by atoms with Gasteiger partial charge in [0, 0.05) is 23.9 Å². The molecule has 110 valence electrons. The maximum absolute atomic E-state index is 12.7. The van der Waals surface area contributed by atoms with Crippen molar-refractivity contribution < 1.29 is 19.4 Å². The number of hydrogen-bond donors (Lipinski definition) is 1. The third-order valence-electron chi connectivity index (χ3n) is 4.95. The van der Waals surface area contributed by atoms with Crippen molar-refractivity contribution in [3.63, 3.8) is 0 Å². The van der Waals surface area contributed by atoms with E-state index in [1.165, 1.54) is 7.11 Å². The van der Waals surface area contributed by atoms with Gasteiger partial charge < -0.3 is 14.7 Å². The Balaban J connectivity index is 2.35. The van der Waals surface area contributed by atoms with Gasteiger partial charge in [-0.1, -0.05) is 18.2 Å². The SMILES string of the molecule is COC(=O)C1=C(C)C(=O)C2(O)c3ccccc3N(C)C12C. The molecule has 1 aliphatic carbocycles. The number of carbonyl (C=O) groups is 2. The number of ketones is 1. The summed E-state index contributed by atoms with van der Waals surface area (Å²) in [6, 6.07) is 7.16. The molecular formula is C16H17NO4. The molecule has 1 aromatic rings. The molecular weight excluding hydrogens is 270 g/mol. The van der Waals surface area contributed by atoms with Crippen LogP contribution < -0.4 is 4.90 Å². The van der Waals surface area contributed by atoms with Gasteiger partial charge in [-0.05, 0) is 19.9 Å². The number of Topliss-reactive ketones (excluding diaryl/α,β-unsaturated/α-hetero) is 1. The molecule has 1 aliphatic heterocycles. The molecule has 0 bridgehead atoms.